The van der Waals surface area contributed by atoms with Crippen LogP contribution in [0.25, 0.3) is 0 Å². The van der Waals surface area contributed by atoms with E-state index in [0.29, 0.717) is 11.4 Å². The van der Waals surface area contributed by atoms with Gasteiger partial charge in [0.15, 0.2) is 10.6 Å². The SMILES string of the molecule is CC(C)c1nc(S(=O)(=O)NCC(O)(c2ccsc2)c2ccco2)cn1C. The Balaban J connectivity index is 1.89. The zero-order chi connectivity index (χ0) is 18.9. The minimum atomic E-state index is -3.89. The molecule has 0 aliphatic carbocycles. The molecule has 0 aliphatic heterocycles. The second kappa shape index (κ2) is 6.99. The second-order valence-corrected chi connectivity index (χ2v) is 8.87. The van der Waals surface area contributed by atoms with Gasteiger partial charge in [-0.25, -0.2) is 18.1 Å². The number of furan rings is 1. The van der Waals surface area contributed by atoms with E-state index in [4.69, 9.17) is 4.42 Å². The molecular weight excluding hydrogens is 374 g/mol. The fourth-order valence-electron chi connectivity index (χ4n) is 2.74. The first-order valence-corrected chi connectivity index (χ1v) is 10.5. The van der Waals surface area contributed by atoms with Crippen molar-refractivity contribution in [3.05, 3.63) is 58.6 Å². The van der Waals surface area contributed by atoms with Gasteiger partial charge in [-0.1, -0.05) is 13.8 Å². The fraction of sp³-hybridized carbons (Fsp3) is 0.353. The van der Waals surface area contributed by atoms with Crippen molar-refractivity contribution in [3.63, 3.8) is 0 Å². The maximum absolute atomic E-state index is 12.7. The standard InChI is InChI=1S/C17H21N3O4S2/c1-12(2)16-19-15(9-20(16)3)26(22,23)18-11-17(21,13-6-8-25-10-13)14-5-4-7-24-14/h4-10,12,18,21H,11H2,1-3H3. The van der Waals surface area contributed by atoms with Crippen LogP contribution in [0, 0.1) is 0 Å². The first kappa shape index (κ1) is 18.8. The molecule has 1 atom stereocenters. The van der Waals surface area contributed by atoms with Crippen molar-refractivity contribution in [2.75, 3.05) is 6.54 Å². The van der Waals surface area contributed by atoms with Crippen molar-refractivity contribution < 1.29 is 17.9 Å². The lowest BCUT2D eigenvalue weighted by atomic mass is 9.94. The number of thiophene rings is 1. The number of aromatic nitrogens is 2. The third-order valence-electron chi connectivity index (χ3n) is 4.13. The number of rotatable bonds is 7. The van der Waals surface area contributed by atoms with Gasteiger partial charge in [0.25, 0.3) is 10.0 Å². The maximum atomic E-state index is 12.7. The summed E-state index contributed by atoms with van der Waals surface area (Å²) in [5.41, 5.74) is -1.05. The Kier molecular flexibility index (Phi) is 5.07. The van der Waals surface area contributed by atoms with Crippen molar-refractivity contribution in [2.24, 2.45) is 7.05 Å². The Hall–Kier alpha value is -1.94. The van der Waals surface area contributed by atoms with Crippen LogP contribution < -0.4 is 4.72 Å². The average molecular weight is 396 g/mol. The molecule has 3 heterocycles. The van der Waals surface area contributed by atoms with Crippen LogP contribution in [-0.2, 0) is 22.7 Å². The van der Waals surface area contributed by atoms with Gasteiger partial charge in [0.1, 0.15) is 11.6 Å². The molecule has 3 aromatic heterocycles. The lowest BCUT2D eigenvalue weighted by Crippen LogP contribution is -2.41. The number of nitrogens with zero attached hydrogens (tertiary/aromatic N) is 2. The van der Waals surface area contributed by atoms with Crippen molar-refractivity contribution >= 4 is 21.4 Å². The minimum Gasteiger partial charge on any atom is -0.466 e. The predicted molar refractivity (Wildman–Crippen MR) is 98.5 cm³/mol. The molecule has 26 heavy (non-hydrogen) atoms. The quantitative estimate of drug-likeness (QED) is 0.640. The highest BCUT2D eigenvalue weighted by atomic mass is 32.2. The summed E-state index contributed by atoms with van der Waals surface area (Å²) in [5, 5.41) is 14.6. The van der Waals surface area contributed by atoms with E-state index >= 15 is 0 Å². The van der Waals surface area contributed by atoms with E-state index in [1.165, 1.54) is 23.8 Å². The summed E-state index contributed by atoms with van der Waals surface area (Å²) >= 11 is 1.41. The summed E-state index contributed by atoms with van der Waals surface area (Å²) in [6, 6.07) is 5.00. The van der Waals surface area contributed by atoms with Crippen LogP contribution in [0.2, 0.25) is 0 Å². The molecule has 0 spiro atoms. The monoisotopic (exact) mass is 395 g/mol. The molecule has 3 rings (SSSR count). The van der Waals surface area contributed by atoms with Crippen LogP contribution in [0.4, 0.5) is 0 Å². The molecule has 1 unspecified atom stereocenters. The summed E-state index contributed by atoms with van der Waals surface area (Å²) < 4.78 is 34.9. The van der Waals surface area contributed by atoms with E-state index in [2.05, 4.69) is 9.71 Å². The molecule has 0 aliphatic rings. The largest absolute Gasteiger partial charge is 0.466 e. The molecule has 0 bridgehead atoms. The number of sulfonamides is 1. The van der Waals surface area contributed by atoms with Crippen LogP contribution in [0.3, 0.4) is 0 Å². The van der Waals surface area contributed by atoms with Gasteiger partial charge < -0.3 is 14.1 Å². The first-order chi connectivity index (χ1) is 12.2. The normalized spacial score (nSPS) is 14.7. The van der Waals surface area contributed by atoms with E-state index in [1.807, 2.05) is 19.2 Å². The number of hydrogen-bond donors (Lipinski definition) is 2. The van der Waals surface area contributed by atoms with Crippen LogP contribution in [0.5, 0.6) is 0 Å². The number of nitrogens with one attached hydrogen (secondary N) is 1. The van der Waals surface area contributed by atoms with E-state index in [1.54, 1.807) is 35.2 Å². The summed E-state index contributed by atoms with van der Waals surface area (Å²) in [7, 11) is -2.14. The number of imidazole rings is 1. The molecule has 0 aromatic carbocycles. The van der Waals surface area contributed by atoms with Gasteiger partial charge in [-0.2, -0.15) is 11.3 Å². The highest BCUT2D eigenvalue weighted by Gasteiger charge is 2.37. The van der Waals surface area contributed by atoms with E-state index in [0.717, 1.165) is 0 Å². The van der Waals surface area contributed by atoms with Crippen molar-refractivity contribution in [1.82, 2.24) is 14.3 Å². The number of hydrogen-bond acceptors (Lipinski definition) is 6. The average Bonchev–Trinajstić information content (AvgIpc) is 3.32. The highest BCUT2D eigenvalue weighted by molar-refractivity contribution is 7.89. The third kappa shape index (κ3) is 3.48. The van der Waals surface area contributed by atoms with Crippen molar-refractivity contribution in [1.29, 1.82) is 0 Å². The van der Waals surface area contributed by atoms with Crippen molar-refractivity contribution in [2.45, 2.75) is 30.4 Å². The van der Waals surface area contributed by atoms with E-state index in [-0.39, 0.29) is 23.2 Å². The molecule has 2 N–H and O–H groups in total. The Bertz CT molecular complexity index is 924. The molecule has 0 saturated carbocycles. The number of aliphatic hydroxyl groups is 1. The molecular formula is C17H21N3O4S2. The topological polar surface area (TPSA) is 97.4 Å². The van der Waals surface area contributed by atoms with Crippen LogP contribution in [0.15, 0.2) is 50.9 Å². The van der Waals surface area contributed by atoms with Gasteiger partial charge in [0, 0.05) is 24.7 Å². The summed E-state index contributed by atoms with van der Waals surface area (Å²) in [5.74, 6) is 1.03. The smallest absolute Gasteiger partial charge is 0.259 e. The van der Waals surface area contributed by atoms with E-state index in [9.17, 15) is 13.5 Å². The van der Waals surface area contributed by atoms with Gasteiger partial charge in [0.2, 0.25) is 0 Å². The molecule has 0 amide bonds. The third-order valence-corrected chi connectivity index (χ3v) is 6.08. The Morgan fingerprint density at radius 1 is 1.42 bits per heavy atom. The van der Waals surface area contributed by atoms with Crippen LogP contribution >= 0.6 is 11.3 Å². The molecule has 7 nitrogen and oxygen atoms in total. The fourth-order valence-corrected chi connectivity index (χ4v) is 4.52. The molecule has 0 saturated heterocycles. The predicted octanol–water partition coefficient (Wildman–Crippen LogP) is 2.41. The Morgan fingerprint density at radius 2 is 2.19 bits per heavy atom. The summed E-state index contributed by atoms with van der Waals surface area (Å²) in [6.07, 6.45) is 2.91. The first-order valence-electron chi connectivity index (χ1n) is 8.06. The van der Waals surface area contributed by atoms with E-state index < -0.39 is 15.6 Å². The number of aryl methyl sites for hydroxylation is 1. The second-order valence-electron chi connectivity index (χ2n) is 6.38. The van der Waals surface area contributed by atoms with Crippen LogP contribution in [0.1, 0.15) is 36.9 Å². The summed E-state index contributed by atoms with van der Waals surface area (Å²) in [6.45, 7) is 3.62. The molecule has 9 heteroatoms. The molecule has 3 aromatic rings. The van der Waals surface area contributed by atoms with Gasteiger partial charge in [0.05, 0.1) is 12.8 Å². The lowest BCUT2D eigenvalue weighted by molar-refractivity contribution is 0.0623. The highest BCUT2D eigenvalue weighted by Crippen LogP contribution is 2.31. The molecule has 0 fully saturated rings. The van der Waals surface area contributed by atoms with Crippen LogP contribution in [-0.4, -0.2) is 29.6 Å². The Morgan fingerprint density at radius 3 is 2.73 bits per heavy atom. The molecule has 0 radical (unpaired) electrons. The van der Waals surface area contributed by atoms with Crippen molar-refractivity contribution in [3.8, 4) is 0 Å². The summed E-state index contributed by atoms with van der Waals surface area (Å²) in [4.78, 5) is 4.22. The minimum absolute atomic E-state index is 0.0733. The maximum Gasteiger partial charge on any atom is 0.259 e. The van der Waals surface area contributed by atoms with Gasteiger partial charge in [-0.05, 0) is 29.0 Å². The molecule has 140 valence electrons. The zero-order valence-electron chi connectivity index (χ0n) is 14.7. The zero-order valence-corrected chi connectivity index (χ0v) is 16.3. The lowest BCUT2D eigenvalue weighted by Gasteiger charge is -2.25. The van der Waals surface area contributed by atoms with Gasteiger partial charge in [-0.3, -0.25) is 0 Å². The Labute approximate surface area is 156 Å². The van der Waals surface area contributed by atoms with Gasteiger partial charge >= 0.3 is 0 Å². The van der Waals surface area contributed by atoms with Gasteiger partial charge in [-0.15, -0.1) is 0 Å².